The van der Waals surface area contributed by atoms with Gasteiger partial charge in [0.25, 0.3) is 0 Å². The van der Waals surface area contributed by atoms with Crippen LogP contribution < -0.4 is 0 Å². The lowest BCUT2D eigenvalue weighted by Gasteiger charge is -2.36. The van der Waals surface area contributed by atoms with Crippen molar-refractivity contribution < 1.29 is 4.74 Å². The van der Waals surface area contributed by atoms with Crippen LogP contribution in [-0.2, 0) is 4.74 Å². The zero-order valence-electron chi connectivity index (χ0n) is 23.8. The lowest BCUT2D eigenvalue weighted by atomic mass is 9.94. The highest BCUT2D eigenvalue weighted by Crippen LogP contribution is 2.40. The van der Waals surface area contributed by atoms with Gasteiger partial charge >= 0.3 is 0 Å². The molecule has 2 aliphatic rings. The molecule has 2 unspecified atom stereocenters. The molecule has 0 saturated heterocycles. The van der Waals surface area contributed by atoms with Crippen molar-refractivity contribution in [1.29, 1.82) is 0 Å². The first-order valence-electron chi connectivity index (χ1n) is 15.0. The van der Waals surface area contributed by atoms with Gasteiger partial charge in [0.15, 0.2) is 0 Å². The van der Waals surface area contributed by atoms with E-state index in [-0.39, 0.29) is 10.9 Å². The summed E-state index contributed by atoms with van der Waals surface area (Å²) < 4.78 is 8.84. The van der Waals surface area contributed by atoms with Crippen LogP contribution in [0.2, 0.25) is 0 Å². The highest BCUT2D eigenvalue weighted by Gasteiger charge is 2.27. The molecule has 2 saturated carbocycles. The highest BCUT2D eigenvalue weighted by atomic mass is 33.1. The fourth-order valence-corrected chi connectivity index (χ4v) is 11.2. The fraction of sp³-hybridized carbons (Fsp3) is 0.929. The number of nitrogens with zero attached hydrogens (tertiary/aromatic N) is 2. The second-order valence-electron chi connectivity index (χ2n) is 10.4. The Morgan fingerprint density at radius 3 is 1.35 bits per heavy atom. The second-order valence-corrected chi connectivity index (χ2v) is 16.4. The predicted molar refractivity (Wildman–Crippen MR) is 182 cm³/mol. The van der Waals surface area contributed by atoms with Crippen LogP contribution in [0.4, 0.5) is 0 Å². The van der Waals surface area contributed by atoms with Crippen LogP contribution in [0.15, 0.2) is 0 Å². The van der Waals surface area contributed by atoms with Crippen molar-refractivity contribution in [2.75, 3.05) is 13.1 Å². The quantitative estimate of drug-likeness (QED) is 0.0938. The average molecular weight is 625 g/mol. The first-order valence-corrected chi connectivity index (χ1v) is 20.2. The third kappa shape index (κ3) is 13.1. The van der Waals surface area contributed by atoms with Gasteiger partial charge in [-0.15, -0.1) is 0 Å². The predicted octanol–water partition coefficient (Wildman–Crippen LogP) is 10.7. The smallest absolute Gasteiger partial charge is 0.147 e. The minimum absolute atomic E-state index is 0.158. The van der Waals surface area contributed by atoms with Gasteiger partial charge < -0.3 is 14.5 Å². The summed E-state index contributed by atoms with van der Waals surface area (Å²) in [5.41, 5.74) is 0.317. The van der Waals surface area contributed by atoms with Gasteiger partial charge in [-0.25, -0.2) is 0 Å². The summed E-state index contributed by atoms with van der Waals surface area (Å²) >= 11 is 11.9. The van der Waals surface area contributed by atoms with E-state index >= 15 is 0 Å². The molecule has 0 aliphatic heterocycles. The van der Waals surface area contributed by atoms with Crippen molar-refractivity contribution in [3.63, 3.8) is 0 Å². The summed E-state index contributed by atoms with van der Waals surface area (Å²) in [6.07, 6.45) is 20.0. The molecule has 0 spiro atoms. The molecule has 0 heterocycles. The van der Waals surface area contributed by atoms with Crippen LogP contribution in [0.25, 0.3) is 0 Å². The molecule has 0 N–H and O–H groups in total. The van der Waals surface area contributed by atoms with Gasteiger partial charge in [0.1, 0.15) is 19.5 Å². The normalized spacial score (nSPS) is 18.9. The van der Waals surface area contributed by atoms with Crippen molar-refractivity contribution in [2.45, 2.75) is 153 Å². The third-order valence-corrected chi connectivity index (χ3v) is 13.7. The van der Waals surface area contributed by atoms with Gasteiger partial charge in [-0.1, -0.05) is 125 Å². The van der Waals surface area contributed by atoms with E-state index in [4.69, 9.17) is 29.2 Å². The zero-order chi connectivity index (χ0) is 26.9. The van der Waals surface area contributed by atoms with Crippen molar-refractivity contribution in [3.05, 3.63) is 0 Å². The van der Waals surface area contributed by atoms with Crippen LogP contribution in [0.1, 0.15) is 130 Å². The van der Waals surface area contributed by atoms with E-state index in [0.717, 1.165) is 60.3 Å². The van der Waals surface area contributed by atoms with E-state index in [2.05, 4.69) is 37.5 Å². The molecular weight excluding hydrogens is 573 g/mol. The maximum atomic E-state index is 6.73. The molecule has 0 aromatic rings. The van der Waals surface area contributed by atoms with E-state index in [9.17, 15) is 0 Å². The Balaban J connectivity index is 1.91. The van der Waals surface area contributed by atoms with Crippen LogP contribution in [-0.4, -0.2) is 54.5 Å². The lowest BCUT2D eigenvalue weighted by molar-refractivity contribution is 0.0826. The summed E-state index contributed by atoms with van der Waals surface area (Å²) in [5.74, 6) is 0. The zero-order valence-corrected chi connectivity index (χ0v) is 28.7. The molecule has 9 heteroatoms. The number of thiocarbonyl (C=S) groups is 2. The molecule has 2 rings (SSSR count). The number of hydrogen-bond acceptors (Lipinski definition) is 7. The summed E-state index contributed by atoms with van der Waals surface area (Å²) in [6, 6.07) is 1.27. The van der Waals surface area contributed by atoms with Crippen molar-refractivity contribution in [2.24, 2.45) is 0 Å². The average Bonchev–Trinajstić information content (AvgIpc) is 2.92. The van der Waals surface area contributed by atoms with Crippen LogP contribution in [0.3, 0.4) is 0 Å². The Morgan fingerprint density at radius 2 is 1.03 bits per heavy atom. The number of hydrogen-bond donors (Lipinski definition) is 0. The van der Waals surface area contributed by atoms with Gasteiger partial charge in [-0.2, -0.15) is 0 Å². The maximum absolute atomic E-state index is 6.73. The Labute approximate surface area is 255 Å². The molecule has 0 aromatic heterocycles. The van der Waals surface area contributed by atoms with Gasteiger partial charge in [-0.05, 0) is 73.0 Å². The van der Waals surface area contributed by atoms with E-state index in [1.54, 1.807) is 21.6 Å². The largest absolute Gasteiger partial charge is 0.354 e. The molecule has 2 fully saturated rings. The molecule has 0 bridgehead atoms. The van der Waals surface area contributed by atoms with Crippen LogP contribution >= 0.6 is 67.6 Å². The first kappa shape index (κ1) is 34.3. The lowest BCUT2D eigenvalue weighted by Crippen LogP contribution is -2.39. The minimum Gasteiger partial charge on any atom is -0.354 e. The molecule has 0 amide bonds. The van der Waals surface area contributed by atoms with E-state index in [1.165, 1.54) is 64.2 Å². The van der Waals surface area contributed by atoms with Gasteiger partial charge in [0.05, 0.1) is 0 Å². The SMILES string of the molecule is CCCC(OC(CCC)SSC(=S)N(CCC)C1CCCCC1)SSC(=S)N(CCC)C1CCCCC1. The molecule has 37 heavy (non-hydrogen) atoms. The second kappa shape index (κ2) is 20.9. The molecule has 3 nitrogen and oxygen atoms in total. The Bertz CT molecular complexity index is 576. The summed E-state index contributed by atoms with van der Waals surface area (Å²) in [5, 5.41) is 0. The Morgan fingerprint density at radius 1 is 0.649 bits per heavy atom. The number of ether oxygens (including phenoxy) is 1. The summed E-state index contributed by atoms with van der Waals surface area (Å²) in [4.78, 5) is 5.05. The van der Waals surface area contributed by atoms with E-state index in [1.807, 2.05) is 21.6 Å². The van der Waals surface area contributed by atoms with Crippen molar-refractivity contribution in [3.8, 4) is 0 Å². The molecule has 216 valence electrons. The Hall–Kier alpha value is 1.14. The molecule has 2 atom stereocenters. The maximum Gasteiger partial charge on any atom is 0.147 e. The van der Waals surface area contributed by atoms with E-state index in [0.29, 0.717) is 12.1 Å². The fourth-order valence-electron chi connectivity index (χ4n) is 5.32. The van der Waals surface area contributed by atoms with Crippen molar-refractivity contribution in [1.82, 2.24) is 9.80 Å². The minimum atomic E-state index is 0.158. The molecule has 0 radical (unpaired) electrons. The standard InChI is InChI=1S/C28H52N2OS6/c1-5-15-25(34-36-27(32)29(21-7-3)23-17-11-9-12-18-23)31-26(16-6-2)35-37-28(33)30(22-8-4)24-19-13-10-14-20-24/h23-26H,5-22H2,1-4H3. The van der Waals surface area contributed by atoms with Crippen molar-refractivity contribution >= 4 is 76.3 Å². The third-order valence-electron chi connectivity index (χ3n) is 7.23. The summed E-state index contributed by atoms with van der Waals surface area (Å²) in [7, 11) is 7.25. The van der Waals surface area contributed by atoms with Crippen LogP contribution in [0.5, 0.6) is 0 Å². The van der Waals surface area contributed by atoms with Gasteiger partial charge in [0, 0.05) is 25.2 Å². The number of rotatable bonds is 16. The monoisotopic (exact) mass is 624 g/mol. The van der Waals surface area contributed by atoms with E-state index < -0.39 is 0 Å². The van der Waals surface area contributed by atoms with Gasteiger partial charge in [0.2, 0.25) is 0 Å². The van der Waals surface area contributed by atoms with Crippen LogP contribution in [0, 0.1) is 0 Å². The molecule has 0 aromatic carbocycles. The topological polar surface area (TPSA) is 15.7 Å². The summed E-state index contributed by atoms with van der Waals surface area (Å²) in [6.45, 7) is 11.2. The van der Waals surface area contributed by atoms with Gasteiger partial charge in [-0.3, -0.25) is 0 Å². The molecular formula is C28H52N2OS6. The highest BCUT2D eigenvalue weighted by molar-refractivity contribution is 8.84. The Kier molecular flexibility index (Phi) is 19.4. The first-order chi connectivity index (χ1) is 18.0. The molecule has 2 aliphatic carbocycles.